The summed E-state index contributed by atoms with van der Waals surface area (Å²) < 4.78 is 28.5. The second-order valence-electron chi connectivity index (χ2n) is 4.00. The van der Waals surface area contributed by atoms with Crippen LogP contribution >= 0.6 is 15.9 Å². The van der Waals surface area contributed by atoms with E-state index >= 15 is 0 Å². The Kier molecular flexibility index (Phi) is 3.59. The predicted molar refractivity (Wildman–Crippen MR) is 73.2 cm³/mol. The van der Waals surface area contributed by atoms with Gasteiger partial charge in [-0.3, -0.25) is 4.68 Å². The van der Waals surface area contributed by atoms with Crippen LogP contribution < -0.4 is 4.72 Å². The molecule has 2 heterocycles. The molecule has 0 atom stereocenters. The van der Waals surface area contributed by atoms with Crippen LogP contribution in [0.3, 0.4) is 0 Å². The molecule has 0 fully saturated rings. The largest absolute Gasteiger partial charge is 0.268 e. The van der Waals surface area contributed by atoms with E-state index in [1.54, 1.807) is 27.0 Å². The number of sulfonamides is 1. The molecule has 0 aromatic carbocycles. The van der Waals surface area contributed by atoms with Crippen molar-refractivity contribution in [2.24, 2.45) is 7.05 Å². The van der Waals surface area contributed by atoms with Gasteiger partial charge in [0.1, 0.15) is 9.50 Å². The molecule has 0 aliphatic carbocycles. The summed E-state index contributed by atoms with van der Waals surface area (Å²) in [5.41, 5.74) is 1.38. The average Bonchev–Trinajstić information content (AvgIpc) is 2.57. The molecule has 7 nitrogen and oxygen atoms in total. The molecule has 0 amide bonds. The summed E-state index contributed by atoms with van der Waals surface area (Å²) in [5.74, 6) is 0.0493. The maximum absolute atomic E-state index is 12.2. The van der Waals surface area contributed by atoms with Crippen LogP contribution in [0.5, 0.6) is 0 Å². The van der Waals surface area contributed by atoms with Crippen LogP contribution in [0.4, 0.5) is 5.95 Å². The Morgan fingerprint density at radius 2 is 1.84 bits per heavy atom. The van der Waals surface area contributed by atoms with Crippen LogP contribution in [0.2, 0.25) is 0 Å². The molecular formula is C10H12BrN5O2S. The first-order valence-corrected chi connectivity index (χ1v) is 7.60. The van der Waals surface area contributed by atoms with E-state index in [-0.39, 0.29) is 10.8 Å². The topological polar surface area (TPSA) is 89.8 Å². The standard InChI is InChI=1S/C10H12BrN5O2S/c1-6-4-7(2)14-10(13-6)15-19(17,18)8-5-12-16(3)9(8)11/h4-5H,1-3H3,(H,13,14,15). The van der Waals surface area contributed by atoms with Crippen molar-refractivity contribution in [1.29, 1.82) is 0 Å². The number of hydrogen-bond acceptors (Lipinski definition) is 5. The number of anilines is 1. The molecular weight excluding hydrogens is 334 g/mol. The van der Waals surface area contributed by atoms with Gasteiger partial charge in [-0.05, 0) is 35.8 Å². The van der Waals surface area contributed by atoms with Crippen LogP contribution in [-0.4, -0.2) is 28.2 Å². The zero-order valence-corrected chi connectivity index (χ0v) is 12.9. The molecule has 0 radical (unpaired) electrons. The number of rotatable bonds is 3. The number of nitrogens with zero attached hydrogens (tertiary/aromatic N) is 4. The maximum atomic E-state index is 12.2. The molecule has 0 saturated heterocycles. The summed E-state index contributed by atoms with van der Waals surface area (Å²) in [6.07, 6.45) is 1.26. The predicted octanol–water partition coefficient (Wildman–Crippen LogP) is 1.39. The van der Waals surface area contributed by atoms with E-state index < -0.39 is 10.0 Å². The molecule has 0 saturated carbocycles. The van der Waals surface area contributed by atoms with Gasteiger partial charge in [-0.1, -0.05) is 0 Å². The van der Waals surface area contributed by atoms with Gasteiger partial charge in [-0.15, -0.1) is 0 Å². The first-order chi connectivity index (χ1) is 8.79. The Bertz CT molecular complexity index is 705. The molecule has 0 aliphatic rings. The van der Waals surface area contributed by atoms with E-state index in [4.69, 9.17) is 0 Å². The van der Waals surface area contributed by atoms with Crippen LogP contribution in [-0.2, 0) is 17.1 Å². The van der Waals surface area contributed by atoms with E-state index in [9.17, 15) is 8.42 Å². The molecule has 0 spiro atoms. The summed E-state index contributed by atoms with van der Waals surface area (Å²) in [6.45, 7) is 3.54. The third kappa shape index (κ3) is 2.92. The van der Waals surface area contributed by atoms with E-state index in [1.807, 2.05) is 0 Å². The van der Waals surface area contributed by atoms with Gasteiger partial charge in [0.05, 0.1) is 6.20 Å². The van der Waals surface area contributed by atoms with Crippen molar-refractivity contribution in [3.05, 3.63) is 28.3 Å². The van der Waals surface area contributed by atoms with Crippen molar-refractivity contribution < 1.29 is 8.42 Å². The normalized spacial score (nSPS) is 11.6. The van der Waals surface area contributed by atoms with Gasteiger partial charge in [0.25, 0.3) is 10.0 Å². The summed E-state index contributed by atoms with van der Waals surface area (Å²) in [6, 6.07) is 1.76. The van der Waals surface area contributed by atoms with Crippen LogP contribution in [0.25, 0.3) is 0 Å². The molecule has 2 rings (SSSR count). The van der Waals surface area contributed by atoms with Gasteiger partial charge in [-0.25, -0.2) is 23.1 Å². The highest BCUT2D eigenvalue weighted by Gasteiger charge is 2.22. The zero-order valence-electron chi connectivity index (χ0n) is 10.5. The van der Waals surface area contributed by atoms with E-state index in [1.165, 1.54) is 10.9 Å². The van der Waals surface area contributed by atoms with Crippen LogP contribution in [0.1, 0.15) is 11.4 Å². The minimum atomic E-state index is -3.76. The van der Waals surface area contributed by atoms with Gasteiger partial charge in [0.2, 0.25) is 5.95 Å². The molecule has 2 aromatic heterocycles. The number of nitrogens with one attached hydrogen (secondary N) is 1. The lowest BCUT2D eigenvalue weighted by atomic mass is 10.4. The number of halogens is 1. The van der Waals surface area contributed by atoms with E-state index in [0.29, 0.717) is 16.0 Å². The van der Waals surface area contributed by atoms with E-state index in [2.05, 4.69) is 35.7 Å². The van der Waals surface area contributed by atoms with Crippen molar-refractivity contribution in [2.75, 3.05) is 4.72 Å². The van der Waals surface area contributed by atoms with Crippen molar-refractivity contribution in [3.8, 4) is 0 Å². The quantitative estimate of drug-likeness (QED) is 0.907. The molecule has 0 bridgehead atoms. The Balaban J connectivity index is 2.39. The van der Waals surface area contributed by atoms with Crippen molar-refractivity contribution in [1.82, 2.24) is 19.7 Å². The van der Waals surface area contributed by atoms with Gasteiger partial charge >= 0.3 is 0 Å². The Morgan fingerprint density at radius 1 is 1.26 bits per heavy atom. The minimum Gasteiger partial charge on any atom is -0.260 e. The molecule has 0 unspecified atom stereocenters. The minimum absolute atomic E-state index is 0.0396. The number of aryl methyl sites for hydroxylation is 3. The highest BCUT2D eigenvalue weighted by atomic mass is 79.9. The first-order valence-electron chi connectivity index (χ1n) is 5.32. The van der Waals surface area contributed by atoms with Gasteiger partial charge < -0.3 is 0 Å². The Labute approximate surface area is 119 Å². The number of hydrogen-bond donors (Lipinski definition) is 1. The monoisotopic (exact) mass is 345 g/mol. The zero-order chi connectivity index (χ0) is 14.2. The molecule has 1 N–H and O–H groups in total. The van der Waals surface area contributed by atoms with Gasteiger partial charge in [0, 0.05) is 18.4 Å². The summed E-state index contributed by atoms with van der Waals surface area (Å²) >= 11 is 3.17. The fourth-order valence-electron chi connectivity index (χ4n) is 1.53. The average molecular weight is 346 g/mol. The lowest BCUT2D eigenvalue weighted by Gasteiger charge is -2.06. The second-order valence-corrected chi connectivity index (χ2v) is 6.41. The van der Waals surface area contributed by atoms with Crippen molar-refractivity contribution in [3.63, 3.8) is 0 Å². The van der Waals surface area contributed by atoms with E-state index in [0.717, 1.165) is 0 Å². The molecule has 102 valence electrons. The Morgan fingerprint density at radius 3 is 2.32 bits per heavy atom. The van der Waals surface area contributed by atoms with Crippen molar-refractivity contribution >= 4 is 31.9 Å². The number of aromatic nitrogens is 4. The highest BCUT2D eigenvalue weighted by Crippen LogP contribution is 2.22. The fourth-order valence-corrected chi connectivity index (χ4v) is 3.34. The van der Waals surface area contributed by atoms with Crippen molar-refractivity contribution in [2.45, 2.75) is 18.7 Å². The SMILES string of the molecule is Cc1cc(C)nc(NS(=O)(=O)c2cnn(C)c2Br)n1. The summed E-state index contributed by atoms with van der Waals surface area (Å²) in [7, 11) is -2.13. The molecule has 19 heavy (non-hydrogen) atoms. The second kappa shape index (κ2) is 4.89. The third-order valence-electron chi connectivity index (χ3n) is 2.33. The van der Waals surface area contributed by atoms with Gasteiger partial charge in [0.15, 0.2) is 0 Å². The van der Waals surface area contributed by atoms with Crippen LogP contribution in [0.15, 0.2) is 21.8 Å². The summed E-state index contributed by atoms with van der Waals surface area (Å²) in [5, 5.41) is 3.87. The smallest absolute Gasteiger partial charge is 0.260 e. The summed E-state index contributed by atoms with van der Waals surface area (Å²) in [4.78, 5) is 8.11. The molecule has 0 aliphatic heterocycles. The lowest BCUT2D eigenvalue weighted by Crippen LogP contribution is -2.15. The van der Waals surface area contributed by atoms with Crippen LogP contribution in [0, 0.1) is 13.8 Å². The molecule has 2 aromatic rings. The first kappa shape index (κ1) is 13.9. The third-order valence-corrected chi connectivity index (χ3v) is 4.87. The van der Waals surface area contributed by atoms with Gasteiger partial charge in [-0.2, -0.15) is 5.10 Å². The maximum Gasteiger partial charge on any atom is 0.268 e. The highest BCUT2D eigenvalue weighted by molar-refractivity contribution is 9.10. The fraction of sp³-hybridized carbons (Fsp3) is 0.300. The Hall–Kier alpha value is -1.48. The molecule has 9 heteroatoms. The lowest BCUT2D eigenvalue weighted by molar-refractivity contribution is 0.600.